The third kappa shape index (κ3) is 2.88. The van der Waals surface area contributed by atoms with Crippen LogP contribution >= 0.6 is 0 Å². The van der Waals surface area contributed by atoms with E-state index in [0.717, 1.165) is 19.5 Å². The number of carboxylic acid groups (broad SMARTS) is 1. The SMILES string of the molecule is CC(C)CN(C(=O)O)C1CCNC1. The van der Waals surface area contributed by atoms with Crippen molar-refractivity contribution in [2.75, 3.05) is 19.6 Å². The lowest BCUT2D eigenvalue weighted by atomic mass is 10.1. The van der Waals surface area contributed by atoms with E-state index < -0.39 is 6.09 Å². The van der Waals surface area contributed by atoms with Crippen LogP contribution in [0, 0.1) is 5.92 Å². The van der Waals surface area contributed by atoms with E-state index in [1.165, 1.54) is 0 Å². The standard InChI is InChI=1S/C9H18N2O2/c1-7(2)6-11(9(12)13)8-3-4-10-5-8/h7-8,10H,3-6H2,1-2H3,(H,12,13). The molecule has 4 nitrogen and oxygen atoms in total. The molecule has 1 rings (SSSR count). The van der Waals surface area contributed by atoms with Gasteiger partial charge in [-0.3, -0.25) is 0 Å². The highest BCUT2D eigenvalue weighted by Gasteiger charge is 2.26. The van der Waals surface area contributed by atoms with Crippen molar-refractivity contribution in [3.8, 4) is 0 Å². The van der Waals surface area contributed by atoms with Crippen LogP contribution in [0.2, 0.25) is 0 Å². The molecule has 0 aromatic rings. The summed E-state index contributed by atoms with van der Waals surface area (Å²) >= 11 is 0. The van der Waals surface area contributed by atoms with Gasteiger partial charge in [0.05, 0.1) is 0 Å². The van der Waals surface area contributed by atoms with Gasteiger partial charge in [-0.15, -0.1) is 0 Å². The van der Waals surface area contributed by atoms with Crippen molar-refractivity contribution in [2.24, 2.45) is 5.92 Å². The summed E-state index contributed by atoms with van der Waals surface area (Å²) in [4.78, 5) is 12.5. The Balaban J connectivity index is 2.50. The number of hydrogen-bond donors (Lipinski definition) is 2. The van der Waals surface area contributed by atoms with E-state index in [-0.39, 0.29) is 6.04 Å². The fraction of sp³-hybridized carbons (Fsp3) is 0.889. The summed E-state index contributed by atoms with van der Waals surface area (Å²) in [5.74, 6) is 0.400. The molecule has 1 aliphatic rings. The molecule has 2 N–H and O–H groups in total. The number of carbonyl (C=O) groups is 1. The molecule has 0 spiro atoms. The average molecular weight is 186 g/mol. The van der Waals surface area contributed by atoms with Gasteiger partial charge in [0.1, 0.15) is 0 Å². The lowest BCUT2D eigenvalue weighted by Crippen LogP contribution is -2.42. The molecule has 13 heavy (non-hydrogen) atoms. The van der Waals surface area contributed by atoms with E-state index in [1.54, 1.807) is 4.90 Å². The Hall–Kier alpha value is -0.770. The Morgan fingerprint density at radius 1 is 1.69 bits per heavy atom. The summed E-state index contributed by atoms with van der Waals surface area (Å²) in [6, 6.07) is 0.180. The first-order valence-electron chi connectivity index (χ1n) is 4.81. The van der Waals surface area contributed by atoms with E-state index in [1.807, 2.05) is 13.8 Å². The van der Waals surface area contributed by atoms with Crippen LogP contribution in [0.5, 0.6) is 0 Å². The van der Waals surface area contributed by atoms with Crippen LogP contribution in [0.15, 0.2) is 0 Å². The highest BCUT2D eigenvalue weighted by atomic mass is 16.4. The molecule has 0 radical (unpaired) electrons. The molecule has 0 bridgehead atoms. The lowest BCUT2D eigenvalue weighted by Gasteiger charge is -2.26. The van der Waals surface area contributed by atoms with Gasteiger partial charge < -0.3 is 15.3 Å². The summed E-state index contributed by atoms with van der Waals surface area (Å²) in [6.45, 7) is 6.46. The Morgan fingerprint density at radius 3 is 2.77 bits per heavy atom. The van der Waals surface area contributed by atoms with Gasteiger partial charge in [0.15, 0.2) is 0 Å². The van der Waals surface area contributed by atoms with Gasteiger partial charge in [-0.1, -0.05) is 13.8 Å². The number of nitrogens with zero attached hydrogens (tertiary/aromatic N) is 1. The first-order valence-corrected chi connectivity index (χ1v) is 4.81. The summed E-state index contributed by atoms with van der Waals surface area (Å²) in [6.07, 6.45) is 0.154. The van der Waals surface area contributed by atoms with Gasteiger partial charge in [0, 0.05) is 19.1 Å². The smallest absolute Gasteiger partial charge is 0.407 e. The summed E-state index contributed by atoms with van der Waals surface area (Å²) in [5.41, 5.74) is 0. The Kier molecular flexibility index (Phi) is 3.54. The van der Waals surface area contributed by atoms with E-state index in [9.17, 15) is 4.79 Å². The Labute approximate surface area is 78.9 Å². The first-order chi connectivity index (χ1) is 6.11. The maximum absolute atomic E-state index is 10.9. The van der Waals surface area contributed by atoms with E-state index in [4.69, 9.17) is 5.11 Å². The van der Waals surface area contributed by atoms with E-state index >= 15 is 0 Å². The van der Waals surface area contributed by atoms with Crippen molar-refractivity contribution < 1.29 is 9.90 Å². The number of nitrogens with one attached hydrogen (secondary N) is 1. The molecule has 0 aromatic heterocycles. The molecule has 0 aliphatic carbocycles. The third-order valence-corrected chi connectivity index (χ3v) is 2.28. The highest BCUT2D eigenvalue weighted by Crippen LogP contribution is 2.11. The maximum Gasteiger partial charge on any atom is 0.407 e. The molecule has 4 heteroatoms. The first kappa shape index (κ1) is 10.3. The number of hydrogen-bond acceptors (Lipinski definition) is 2. The number of amides is 1. The van der Waals surface area contributed by atoms with Crippen LogP contribution in [0.3, 0.4) is 0 Å². The Bertz CT molecular complexity index is 176. The van der Waals surface area contributed by atoms with Crippen molar-refractivity contribution in [2.45, 2.75) is 26.3 Å². The van der Waals surface area contributed by atoms with Gasteiger partial charge >= 0.3 is 6.09 Å². The molecule has 1 heterocycles. The topological polar surface area (TPSA) is 52.6 Å². The maximum atomic E-state index is 10.9. The predicted molar refractivity (Wildman–Crippen MR) is 50.8 cm³/mol. The zero-order valence-electron chi connectivity index (χ0n) is 8.29. The van der Waals surface area contributed by atoms with Gasteiger partial charge in [-0.25, -0.2) is 4.79 Å². The lowest BCUT2D eigenvalue weighted by molar-refractivity contribution is 0.121. The van der Waals surface area contributed by atoms with Crippen LogP contribution in [0.1, 0.15) is 20.3 Å². The van der Waals surface area contributed by atoms with Gasteiger partial charge in [-0.2, -0.15) is 0 Å². The second-order valence-electron chi connectivity index (χ2n) is 3.98. The second kappa shape index (κ2) is 4.46. The molecule has 1 atom stereocenters. The van der Waals surface area contributed by atoms with Crippen LogP contribution < -0.4 is 5.32 Å². The molecular formula is C9H18N2O2. The van der Waals surface area contributed by atoms with Gasteiger partial charge in [0.2, 0.25) is 0 Å². The highest BCUT2D eigenvalue weighted by molar-refractivity contribution is 5.65. The van der Waals surface area contributed by atoms with Gasteiger partial charge in [-0.05, 0) is 18.9 Å². The molecule has 1 unspecified atom stereocenters. The van der Waals surface area contributed by atoms with Crippen molar-refractivity contribution >= 4 is 6.09 Å². The zero-order valence-corrected chi connectivity index (χ0v) is 8.29. The van der Waals surface area contributed by atoms with Crippen molar-refractivity contribution in [1.29, 1.82) is 0 Å². The molecule has 0 aromatic carbocycles. The minimum Gasteiger partial charge on any atom is -0.465 e. The quantitative estimate of drug-likeness (QED) is 0.691. The molecule has 1 fully saturated rings. The monoisotopic (exact) mass is 186 g/mol. The predicted octanol–water partition coefficient (Wildman–Crippen LogP) is 0.984. The van der Waals surface area contributed by atoms with Crippen LogP contribution in [-0.4, -0.2) is 41.8 Å². The van der Waals surface area contributed by atoms with Crippen molar-refractivity contribution in [1.82, 2.24) is 10.2 Å². The second-order valence-corrected chi connectivity index (χ2v) is 3.98. The summed E-state index contributed by atoms with van der Waals surface area (Å²) < 4.78 is 0. The third-order valence-electron chi connectivity index (χ3n) is 2.28. The normalized spacial score (nSPS) is 22.2. The fourth-order valence-electron chi connectivity index (χ4n) is 1.68. The largest absolute Gasteiger partial charge is 0.465 e. The molecule has 0 saturated carbocycles. The molecule has 1 amide bonds. The molecule has 1 aliphatic heterocycles. The van der Waals surface area contributed by atoms with Crippen LogP contribution in [-0.2, 0) is 0 Å². The summed E-state index contributed by atoms with van der Waals surface area (Å²) in [5, 5.41) is 12.2. The zero-order chi connectivity index (χ0) is 9.84. The van der Waals surface area contributed by atoms with Crippen molar-refractivity contribution in [3.05, 3.63) is 0 Å². The number of rotatable bonds is 3. The van der Waals surface area contributed by atoms with Crippen molar-refractivity contribution in [3.63, 3.8) is 0 Å². The minimum absolute atomic E-state index is 0.180. The Morgan fingerprint density at radius 2 is 2.38 bits per heavy atom. The molecular weight excluding hydrogens is 168 g/mol. The van der Waals surface area contributed by atoms with E-state index in [0.29, 0.717) is 12.5 Å². The van der Waals surface area contributed by atoms with Gasteiger partial charge in [0.25, 0.3) is 0 Å². The fourth-order valence-corrected chi connectivity index (χ4v) is 1.68. The molecule has 1 saturated heterocycles. The van der Waals surface area contributed by atoms with Crippen LogP contribution in [0.25, 0.3) is 0 Å². The molecule has 76 valence electrons. The average Bonchev–Trinajstić information content (AvgIpc) is 2.50. The summed E-state index contributed by atoms with van der Waals surface area (Å²) in [7, 11) is 0. The van der Waals surface area contributed by atoms with Crippen LogP contribution in [0.4, 0.5) is 4.79 Å². The van der Waals surface area contributed by atoms with E-state index in [2.05, 4.69) is 5.32 Å². The minimum atomic E-state index is -0.789.